The molecule has 2 unspecified atom stereocenters. The van der Waals surface area contributed by atoms with Gasteiger partial charge in [-0.1, -0.05) is 36.2 Å². The highest BCUT2D eigenvalue weighted by Gasteiger charge is 2.47. The minimum atomic E-state index is -3.18. The lowest BCUT2D eigenvalue weighted by Crippen LogP contribution is -2.52. The molecule has 3 atom stereocenters. The van der Waals surface area contributed by atoms with Crippen LogP contribution in [-0.2, 0) is 49.5 Å². The number of aromatic nitrogens is 1. The molecule has 2 aromatic carbocycles. The molecular weight excluding hydrogens is 1250 g/mol. The highest BCUT2D eigenvalue weighted by molar-refractivity contribution is 7.99. The number of hydrogen-bond donors (Lipinski definition) is 8. The molecule has 3 aromatic rings. The Hall–Kier alpha value is -7.66. The van der Waals surface area contributed by atoms with Crippen LogP contribution in [0.3, 0.4) is 0 Å². The number of carbonyl (C=O) groups is 9. The first-order valence-electron chi connectivity index (χ1n) is 32.0. The first kappa shape index (κ1) is 75.4. The molecule has 3 fully saturated rings. The Labute approximate surface area is 550 Å². The number of thioether (sulfide) groups is 1. The van der Waals surface area contributed by atoms with Crippen LogP contribution in [0.5, 0.6) is 5.75 Å². The van der Waals surface area contributed by atoms with Gasteiger partial charge in [0.2, 0.25) is 23.6 Å². The summed E-state index contributed by atoms with van der Waals surface area (Å²) in [5, 5.41) is 60.5. The number of alkyl halides is 2. The molecular formula is C64H90F2N12O15S. The summed E-state index contributed by atoms with van der Waals surface area (Å²) in [6.45, 7) is 2.75. The van der Waals surface area contributed by atoms with Crippen molar-refractivity contribution < 1.29 is 81.8 Å². The number of piperidine rings is 1. The Bertz CT molecular complexity index is 3020. The van der Waals surface area contributed by atoms with E-state index in [1.165, 1.54) is 24.0 Å². The Morgan fingerprint density at radius 3 is 1.99 bits per heavy atom. The lowest BCUT2D eigenvalue weighted by atomic mass is 9.91. The number of aryl methyl sites for hydroxylation is 2. The topological polar surface area (TPSA) is 357 Å². The van der Waals surface area contributed by atoms with Crippen molar-refractivity contribution in [3.05, 3.63) is 71.4 Å². The standard InChI is InChI=1S/C64H90F2N12O15S/c1-45-8-10-46(11-9-45)6-4-7-55(80)69-19-33-92-32-17-53(72-56(81)39-73-23-25-74(40-58(83)84)27-29-76(42-60(87)88)30-28-75(26-24-73)41-59(85)86)62(90)70-20-34-94-43-54(79)63(91)77-21-15-47(16-22-77)5-2-3-31-93-49-12-13-52-51(35-49)50(14-18-68-52)61(89)71-38-57(82)78-44-64(65,66)36-48(78)37-67/h8-14,18,35,47-48,53-54,79H,2-7,15-17,19-34,36,38-44H2,1H3,(H,69,80)(H,70,90)(H,71,89)(H,72,81)(H,83,84)(H,85,86)(H,87,88)/t48-,53?,54?/m1/s1. The molecule has 1 aromatic heterocycles. The minimum Gasteiger partial charge on any atom is -0.494 e. The zero-order chi connectivity index (χ0) is 68.0. The Kier molecular flexibility index (Phi) is 31.5. The summed E-state index contributed by atoms with van der Waals surface area (Å²) >= 11 is 1.27. The molecule has 0 radical (unpaired) electrons. The van der Waals surface area contributed by atoms with Gasteiger partial charge in [-0.25, -0.2) is 8.78 Å². The van der Waals surface area contributed by atoms with Crippen molar-refractivity contribution >= 4 is 76.0 Å². The molecule has 3 aliphatic heterocycles. The number of fused-ring (bicyclic) bond motifs is 1. The van der Waals surface area contributed by atoms with E-state index >= 15 is 0 Å². The molecule has 27 nitrogen and oxygen atoms in total. The molecule has 94 heavy (non-hydrogen) atoms. The highest BCUT2D eigenvalue weighted by Crippen LogP contribution is 2.32. The molecule has 8 N–H and O–H groups in total. The number of nitriles is 1. The summed E-state index contributed by atoms with van der Waals surface area (Å²) in [7, 11) is 0. The van der Waals surface area contributed by atoms with Gasteiger partial charge in [-0.3, -0.25) is 67.7 Å². The van der Waals surface area contributed by atoms with E-state index in [2.05, 4.69) is 26.3 Å². The molecule has 3 saturated heterocycles. The van der Waals surface area contributed by atoms with Crippen molar-refractivity contribution in [3.63, 3.8) is 0 Å². The maximum atomic E-state index is 13.9. The second-order valence-corrected chi connectivity index (χ2v) is 25.1. The van der Waals surface area contributed by atoms with Crippen LogP contribution in [0.15, 0.2) is 54.7 Å². The quantitative estimate of drug-likeness (QED) is 0.0387. The lowest BCUT2D eigenvalue weighted by Gasteiger charge is -2.33. The van der Waals surface area contributed by atoms with Crippen LogP contribution in [0.4, 0.5) is 8.78 Å². The lowest BCUT2D eigenvalue weighted by molar-refractivity contribution is -0.140. The number of carboxylic acid groups (broad SMARTS) is 3. The third-order valence-corrected chi connectivity index (χ3v) is 17.6. The minimum absolute atomic E-state index is 0.0341. The van der Waals surface area contributed by atoms with E-state index in [4.69, 9.17) is 9.47 Å². The van der Waals surface area contributed by atoms with Gasteiger partial charge in [0.05, 0.1) is 69.6 Å². The van der Waals surface area contributed by atoms with Crippen molar-refractivity contribution in [1.82, 2.24) is 55.7 Å². The number of aliphatic carboxylic acids is 3. The van der Waals surface area contributed by atoms with E-state index < -0.39 is 85.2 Å². The van der Waals surface area contributed by atoms with Gasteiger partial charge in [0, 0.05) is 121 Å². The van der Waals surface area contributed by atoms with Gasteiger partial charge in [0.25, 0.3) is 17.7 Å². The number of benzene rings is 2. The van der Waals surface area contributed by atoms with Crippen LogP contribution < -0.4 is 26.0 Å². The van der Waals surface area contributed by atoms with E-state index in [1.807, 2.05) is 31.2 Å². The van der Waals surface area contributed by atoms with Gasteiger partial charge in [-0.05, 0) is 87.6 Å². The molecule has 6 rings (SSSR count). The van der Waals surface area contributed by atoms with E-state index in [-0.39, 0.29) is 134 Å². The zero-order valence-corrected chi connectivity index (χ0v) is 54.2. The van der Waals surface area contributed by atoms with Crippen LogP contribution in [-0.4, -0.2) is 281 Å². The fourth-order valence-corrected chi connectivity index (χ4v) is 12.1. The van der Waals surface area contributed by atoms with Gasteiger partial charge < -0.3 is 61.0 Å². The smallest absolute Gasteiger partial charge is 0.317 e. The molecule has 4 heterocycles. The number of halogens is 2. The van der Waals surface area contributed by atoms with Crippen LogP contribution in [0.25, 0.3) is 10.9 Å². The van der Waals surface area contributed by atoms with Crippen LogP contribution >= 0.6 is 11.8 Å². The predicted molar refractivity (Wildman–Crippen MR) is 343 cm³/mol. The van der Waals surface area contributed by atoms with Gasteiger partial charge in [0.1, 0.15) is 23.9 Å². The number of nitrogens with one attached hydrogen (secondary N) is 4. The number of unbranched alkanes of at least 4 members (excludes halogenated alkanes) is 1. The highest BCUT2D eigenvalue weighted by atomic mass is 32.2. The number of nitrogens with zero attached hydrogens (tertiary/aromatic N) is 8. The molecule has 3 aliphatic rings. The molecule has 0 aliphatic carbocycles. The number of likely N-dealkylation sites (tertiary alicyclic amines) is 2. The molecule has 0 saturated carbocycles. The molecule has 0 spiro atoms. The average molecular weight is 1340 g/mol. The van der Waals surface area contributed by atoms with Crippen molar-refractivity contribution in [1.29, 1.82) is 5.26 Å². The number of carboxylic acids is 3. The fraction of sp³-hybridized carbons (Fsp3) is 0.609. The second kappa shape index (κ2) is 39.3. The summed E-state index contributed by atoms with van der Waals surface area (Å²) in [4.78, 5) is 128. The van der Waals surface area contributed by atoms with Gasteiger partial charge in [-0.2, -0.15) is 17.0 Å². The van der Waals surface area contributed by atoms with Crippen molar-refractivity contribution in [2.75, 3.05) is 149 Å². The average Bonchev–Trinajstić information content (AvgIpc) is 1.38. The number of hydrogen-bond acceptors (Lipinski definition) is 19. The molecule has 6 amide bonds. The first-order valence-corrected chi connectivity index (χ1v) is 33.1. The SMILES string of the molecule is Cc1ccc(CCCC(=O)NCCOCCC(NC(=O)CN2CCN(CC(=O)O)CCN(CC(=O)O)CCN(CC(=O)O)CC2)C(=O)NCCSCC(O)C(=O)N2CCC(CCCCOc3ccc4nccc(C(=O)NCC(=O)N5CC(F)(F)C[C@@H]5C#N)c4c3)CC2)cc1. The van der Waals surface area contributed by atoms with Crippen LogP contribution in [0, 0.1) is 24.2 Å². The number of amides is 6. The van der Waals surface area contributed by atoms with Gasteiger partial charge >= 0.3 is 17.9 Å². The van der Waals surface area contributed by atoms with Crippen molar-refractivity contribution in [2.24, 2.45) is 5.92 Å². The summed E-state index contributed by atoms with van der Waals surface area (Å²) in [5.74, 6) is -8.15. The predicted octanol–water partition coefficient (Wildman–Crippen LogP) is 1.54. The maximum Gasteiger partial charge on any atom is 0.317 e. The summed E-state index contributed by atoms with van der Waals surface area (Å²) < 4.78 is 39.6. The summed E-state index contributed by atoms with van der Waals surface area (Å²) in [6.07, 6.45) is 5.23. The largest absolute Gasteiger partial charge is 0.494 e. The molecule has 30 heteroatoms. The number of carbonyl (C=O) groups excluding carboxylic acids is 6. The second-order valence-electron chi connectivity index (χ2n) is 23.9. The number of aliphatic hydroxyl groups excluding tert-OH is 1. The van der Waals surface area contributed by atoms with Gasteiger partial charge in [0.15, 0.2) is 0 Å². The third kappa shape index (κ3) is 27.0. The monoisotopic (exact) mass is 1340 g/mol. The first-order chi connectivity index (χ1) is 45.0. The Morgan fingerprint density at radius 1 is 0.745 bits per heavy atom. The maximum absolute atomic E-state index is 13.9. The summed E-state index contributed by atoms with van der Waals surface area (Å²) in [6, 6.07) is 14.1. The normalized spacial score (nSPS) is 17.8. The fourth-order valence-electron chi connectivity index (χ4n) is 11.3. The summed E-state index contributed by atoms with van der Waals surface area (Å²) in [5.41, 5.74) is 3.01. The third-order valence-electron chi connectivity index (χ3n) is 16.5. The van der Waals surface area contributed by atoms with E-state index in [9.17, 15) is 77.6 Å². The molecule has 0 bridgehead atoms. The van der Waals surface area contributed by atoms with E-state index in [0.717, 1.165) is 54.6 Å². The van der Waals surface area contributed by atoms with E-state index in [0.29, 0.717) is 60.9 Å². The van der Waals surface area contributed by atoms with E-state index in [1.54, 1.807) is 48.8 Å². The van der Waals surface area contributed by atoms with Crippen molar-refractivity contribution in [3.8, 4) is 11.8 Å². The number of pyridine rings is 1. The number of rotatable bonds is 35. The Balaban J connectivity index is 0.920. The molecule has 516 valence electrons. The number of aliphatic hydroxyl groups is 1. The number of ether oxygens (including phenoxy) is 2. The van der Waals surface area contributed by atoms with Gasteiger partial charge in [-0.15, -0.1) is 0 Å². The zero-order valence-electron chi connectivity index (χ0n) is 53.4. The Morgan fingerprint density at radius 2 is 1.37 bits per heavy atom. The van der Waals surface area contributed by atoms with Crippen LogP contribution in [0.1, 0.15) is 79.3 Å². The van der Waals surface area contributed by atoms with Crippen LogP contribution in [0.2, 0.25) is 0 Å². The van der Waals surface area contributed by atoms with Crippen molar-refractivity contribution in [2.45, 2.75) is 95.2 Å².